The molecule has 8 nitrogen and oxygen atoms in total. The lowest BCUT2D eigenvalue weighted by atomic mass is 10.2. The lowest BCUT2D eigenvalue weighted by Crippen LogP contribution is -2.33. The van der Waals surface area contributed by atoms with Crippen LogP contribution in [0.2, 0.25) is 5.02 Å². The summed E-state index contributed by atoms with van der Waals surface area (Å²) in [7, 11) is -3.82. The highest BCUT2D eigenvalue weighted by Gasteiger charge is 2.28. The van der Waals surface area contributed by atoms with E-state index in [2.05, 4.69) is 15.3 Å². The van der Waals surface area contributed by atoms with Gasteiger partial charge in [-0.15, -0.1) is 5.10 Å². The van der Waals surface area contributed by atoms with Crippen molar-refractivity contribution in [3.05, 3.63) is 71.7 Å². The third kappa shape index (κ3) is 4.13. The van der Waals surface area contributed by atoms with Gasteiger partial charge in [0.05, 0.1) is 28.2 Å². The van der Waals surface area contributed by atoms with Crippen molar-refractivity contribution in [1.82, 2.24) is 20.0 Å². The van der Waals surface area contributed by atoms with Crippen LogP contribution in [-0.4, -0.2) is 34.9 Å². The van der Waals surface area contributed by atoms with Crippen LogP contribution in [0.5, 0.6) is 0 Å². The van der Waals surface area contributed by atoms with Gasteiger partial charge >= 0.3 is 0 Å². The molecular formula is C22H22ClN5O3S. The van der Waals surface area contributed by atoms with Crippen LogP contribution in [0.4, 0.5) is 5.69 Å². The Hall–Kier alpha value is -3.17. The maximum Gasteiger partial charge on any atom is 0.264 e. The summed E-state index contributed by atoms with van der Waals surface area (Å²) in [6.45, 7) is 4.13. The fraction of sp³-hybridized carbons (Fsp3) is 0.227. The number of nitrogens with zero attached hydrogens (tertiary/aromatic N) is 5. The van der Waals surface area contributed by atoms with Crippen LogP contribution in [0, 0.1) is 6.92 Å². The Morgan fingerprint density at radius 3 is 2.62 bits per heavy atom. The van der Waals surface area contributed by atoms with Crippen LogP contribution in [0.15, 0.2) is 70.3 Å². The Labute approximate surface area is 191 Å². The number of anilines is 1. The van der Waals surface area contributed by atoms with E-state index in [-0.39, 0.29) is 4.90 Å². The summed E-state index contributed by atoms with van der Waals surface area (Å²) in [5.41, 5.74) is 2.06. The van der Waals surface area contributed by atoms with Crippen molar-refractivity contribution in [2.75, 3.05) is 10.8 Å². The average molecular weight is 472 g/mol. The first-order valence-electron chi connectivity index (χ1n) is 10.1. The van der Waals surface area contributed by atoms with Crippen molar-refractivity contribution in [3.63, 3.8) is 0 Å². The molecular weight excluding hydrogens is 450 g/mol. The third-order valence-electron chi connectivity index (χ3n) is 5.01. The van der Waals surface area contributed by atoms with Crippen molar-refractivity contribution < 1.29 is 12.8 Å². The summed E-state index contributed by atoms with van der Waals surface area (Å²) < 4.78 is 35.5. The third-order valence-corrected chi connectivity index (χ3v) is 7.07. The second kappa shape index (κ2) is 9.13. The summed E-state index contributed by atoms with van der Waals surface area (Å²) in [4.78, 5) is 4.35. The van der Waals surface area contributed by atoms with Gasteiger partial charge in [0.1, 0.15) is 6.26 Å². The number of sulfonamides is 1. The summed E-state index contributed by atoms with van der Waals surface area (Å²) in [5.74, 6) is 0.331. The van der Waals surface area contributed by atoms with Crippen molar-refractivity contribution in [1.29, 1.82) is 0 Å². The zero-order chi connectivity index (χ0) is 22.7. The molecule has 0 fully saturated rings. The molecule has 4 aromatic rings. The van der Waals surface area contributed by atoms with E-state index in [1.54, 1.807) is 53.2 Å². The monoisotopic (exact) mass is 471 g/mol. The number of halogens is 1. The number of hydrogen-bond acceptors (Lipinski definition) is 6. The SMILES string of the molecule is CCCCN(c1ccc(Cl)cc1-n1nnc(-c2ncco2)c1C)S(=O)(=O)c1ccccc1. The molecule has 2 aromatic heterocycles. The molecule has 166 valence electrons. The van der Waals surface area contributed by atoms with Gasteiger partial charge in [0.25, 0.3) is 10.0 Å². The number of rotatable bonds is 8. The van der Waals surface area contributed by atoms with E-state index in [4.69, 9.17) is 16.0 Å². The minimum Gasteiger partial charge on any atom is -0.443 e. The van der Waals surface area contributed by atoms with Gasteiger partial charge in [-0.2, -0.15) is 0 Å². The number of benzene rings is 2. The van der Waals surface area contributed by atoms with E-state index in [1.165, 1.54) is 16.8 Å². The molecule has 0 atom stereocenters. The molecule has 0 radical (unpaired) electrons. The molecule has 0 saturated heterocycles. The highest BCUT2D eigenvalue weighted by molar-refractivity contribution is 7.92. The van der Waals surface area contributed by atoms with Gasteiger partial charge in [-0.25, -0.2) is 18.1 Å². The number of oxazole rings is 1. The van der Waals surface area contributed by atoms with E-state index in [0.717, 1.165) is 6.42 Å². The topological polar surface area (TPSA) is 94.1 Å². The maximum absolute atomic E-state index is 13.6. The lowest BCUT2D eigenvalue weighted by Gasteiger charge is -2.27. The van der Waals surface area contributed by atoms with Gasteiger partial charge < -0.3 is 4.42 Å². The quantitative estimate of drug-likeness (QED) is 0.363. The smallest absolute Gasteiger partial charge is 0.264 e. The van der Waals surface area contributed by atoms with Crippen LogP contribution in [0.25, 0.3) is 17.3 Å². The molecule has 0 spiro atoms. The molecule has 0 N–H and O–H groups in total. The first kappa shape index (κ1) is 22.0. The molecule has 0 aliphatic heterocycles. The Kier molecular flexibility index (Phi) is 6.29. The van der Waals surface area contributed by atoms with Gasteiger partial charge in [-0.3, -0.25) is 4.31 Å². The normalized spacial score (nSPS) is 11.6. The minimum atomic E-state index is -3.82. The second-order valence-electron chi connectivity index (χ2n) is 7.15. The van der Waals surface area contributed by atoms with Crippen molar-refractivity contribution in [2.24, 2.45) is 0 Å². The van der Waals surface area contributed by atoms with E-state index >= 15 is 0 Å². The number of aromatic nitrogens is 4. The number of unbranched alkanes of at least 4 members (excludes halogenated alkanes) is 1. The fourth-order valence-electron chi connectivity index (χ4n) is 3.36. The summed E-state index contributed by atoms with van der Waals surface area (Å²) in [6.07, 6.45) is 4.50. The second-order valence-corrected chi connectivity index (χ2v) is 9.45. The molecule has 4 rings (SSSR count). The lowest BCUT2D eigenvalue weighted by molar-refractivity contribution is 0.571. The van der Waals surface area contributed by atoms with Gasteiger partial charge in [-0.1, -0.05) is 48.4 Å². The Bertz CT molecular complexity index is 1300. The Morgan fingerprint density at radius 2 is 1.94 bits per heavy atom. The van der Waals surface area contributed by atoms with Crippen LogP contribution < -0.4 is 4.31 Å². The van der Waals surface area contributed by atoms with E-state index in [1.807, 2.05) is 13.8 Å². The molecule has 0 aliphatic carbocycles. The first-order chi connectivity index (χ1) is 15.4. The first-order valence-corrected chi connectivity index (χ1v) is 11.9. The minimum absolute atomic E-state index is 0.216. The molecule has 0 amide bonds. The van der Waals surface area contributed by atoms with Crippen LogP contribution in [-0.2, 0) is 10.0 Å². The molecule has 32 heavy (non-hydrogen) atoms. The highest BCUT2D eigenvalue weighted by Crippen LogP contribution is 2.33. The van der Waals surface area contributed by atoms with Crippen molar-refractivity contribution in [2.45, 2.75) is 31.6 Å². The molecule has 0 saturated carbocycles. The maximum atomic E-state index is 13.6. The summed E-state index contributed by atoms with van der Waals surface area (Å²) in [6, 6.07) is 13.4. The zero-order valence-electron chi connectivity index (χ0n) is 17.6. The summed E-state index contributed by atoms with van der Waals surface area (Å²) >= 11 is 6.31. The van der Waals surface area contributed by atoms with Crippen molar-refractivity contribution in [3.8, 4) is 17.3 Å². The Balaban J connectivity index is 1.88. The largest absolute Gasteiger partial charge is 0.443 e. The zero-order valence-corrected chi connectivity index (χ0v) is 19.2. The molecule has 0 aliphatic rings. The van der Waals surface area contributed by atoms with Crippen molar-refractivity contribution >= 4 is 27.3 Å². The van der Waals surface area contributed by atoms with Gasteiger partial charge in [0.15, 0.2) is 5.69 Å². The molecule has 10 heteroatoms. The van der Waals surface area contributed by atoms with Gasteiger partial charge in [-0.05, 0) is 43.7 Å². The number of hydrogen-bond donors (Lipinski definition) is 0. The predicted molar refractivity (Wildman–Crippen MR) is 122 cm³/mol. The fourth-order valence-corrected chi connectivity index (χ4v) is 5.07. The highest BCUT2D eigenvalue weighted by atomic mass is 35.5. The van der Waals surface area contributed by atoms with E-state index in [9.17, 15) is 8.42 Å². The van der Waals surface area contributed by atoms with Crippen LogP contribution >= 0.6 is 11.6 Å². The van der Waals surface area contributed by atoms with Gasteiger partial charge in [0, 0.05) is 11.6 Å². The molecule has 0 bridgehead atoms. The van der Waals surface area contributed by atoms with Crippen LogP contribution in [0.3, 0.4) is 0 Å². The standard InChI is InChI=1S/C22H22ClN5O3S/c1-3-4-13-27(32(29,30)18-8-6-5-7-9-18)19-11-10-17(23)15-20(19)28-16(2)21(25-26-28)22-24-12-14-31-22/h5-12,14-15H,3-4,13H2,1-2H3. The van der Waals surface area contributed by atoms with Crippen LogP contribution in [0.1, 0.15) is 25.5 Å². The molecule has 0 unspecified atom stereocenters. The average Bonchev–Trinajstić information content (AvgIpc) is 3.45. The molecule has 2 heterocycles. The van der Waals surface area contributed by atoms with Gasteiger partial charge in [0.2, 0.25) is 5.89 Å². The predicted octanol–water partition coefficient (Wildman–Crippen LogP) is 4.88. The Morgan fingerprint density at radius 1 is 1.16 bits per heavy atom. The van der Waals surface area contributed by atoms with E-state index < -0.39 is 10.0 Å². The molecule has 2 aromatic carbocycles. The van der Waals surface area contributed by atoms with E-state index in [0.29, 0.717) is 46.6 Å². The summed E-state index contributed by atoms with van der Waals surface area (Å²) in [5, 5.41) is 8.89.